The summed E-state index contributed by atoms with van der Waals surface area (Å²) in [6.45, 7) is 0. The Hall–Kier alpha value is -3.26. The lowest BCUT2D eigenvalue weighted by atomic mass is 10.2. The normalized spacial score (nSPS) is 9.44. The minimum atomic E-state index is -0.593. The average molecular weight is 240 g/mol. The van der Waals surface area contributed by atoms with E-state index in [2.05, 4.69) is 10.1 Å². The number of nitro groups is 1. The summed E-state index contributed by atoms with van der Waals surface area (Å²) in [5.41, 5.74) is 0.126. The molecule has 0 aliphatic carbocycles. The summed E-state index contributed by atoms with van der Waals surface area (Å²) < 4.78 is 1.09. The van der Waals surface area contributed by atoms with E-state index >= 15 is 0 Å². The van der Waals surface area contributed by atoms with Crippen LogP contribution in [0.2, 0.25) is 0 Å². The topological polar surface area (TPSA) is 121 Å². The Kier molecular flexibility index (Phi) is 2.69. The number of hydrogen-bond acceptors (Lipinski definition) is 6. The van der Waals surface area contributed by atoms with Crippen LogP contribution in [-0.2, 0) is 0 Å². The third-order valence-electron chi connectivity index (χ3n) is 2.14. The van der Waals surface area contributed by atoms with Crippen molar-refractivity contribution in [1.82, 2.24) is 14.8 Å². The van der Waals surface area contributed by atoms with Crippen molar-refractivity contribution in [3.05, 3.63) is 46.0 Å². The quantitative estimate of drug-likeness (QED) is 0.568. The van der Waals surface area contributed by atoms with E-state index in [9.17, 15) is 10.1 Å². The van der Waals surface area contributed by atoms with Crippen LogP contribution in [0.15, 0.2) is 24.5 Å². The molecule has 0 amide bonds. The number of benzene rings is 1. The van der Waals surface area contributed by atoms with Crippen LogP contribution in [0.3, 0.4) is 0 Å². The van der Waals surface area contributed by atoms with Crippen LogP contribution in [-0.4, -0.2) is 19.7 Å². The Morgan fingerprint density at radius 1 is 1.33 bits per heavy atom. The van der Waals surface area contributed by atoms with Gasteiger partial charge < -0.3 is 0 Å². The molecule has 1 heterocycles. The van der Waals surface area contributed by atoms with Crippen molar-refractivity contribution in [1.29, 1.82) is 10.5 Å². The van der Waals surface area contributed by atoms with Crippen LogP contribution in [0.1, 0.15) is 11.4 Å². The van der Waals surface area contributed by atoms with Crippen molar-refractivity contribution in [3.8, 4) is 17.8 Å². The molecule has 1 aromatic carbocycles. The largest absolute Gasteiger partial charge is 0.295 e. The minimum absolute atomic E-state index is 0.0908. The number of hydrogen-bond donors (Lipinski definition) is 0. The third kappa shape index (κ3) is 1.86. The Morgan fingerprint density at radius 2 is 2.11 bits per heavy atom. The second kappa shape index (κ2) is 4.31. The molecule has 0 radical (unpaired) electrons. The molecule has 0 atom stereocenters. The summed E-state index contributed by atoms with van der Waals surface area (Å²) in [4.78, 5) is 13.9. The van der Waals surface area contributed by atoms with Gasteiger partial charge in [-0.15, -0.1) is 5.10 Å². The zero-order chi connectivity index (χ0) is 13.1. The predicted molar refractivity (Wildman–Crippen MR) is 57.4 cm³/mol. The van der Waals surface area contributed by atoms with Gasteiger partial charge in [0.15, 0.2) is 0 Å². The molecule has 0 spiro atoms. The van der Waals surface area contributed by atoms with Crippen LogP contribution in [0.5, 0.6) is 0 Å². The molecule has 0 fully saturated rings. The summed E-state index contributed by atoms with van der Waals surface area (Å²) >= 11 is 0. The highest BCUT2D eigenvalue weighted by atomic mass is 16.6. The lowest BCUT2D eigenvalue weighted by Crippen LogP contribution is -2.01. The highest BCUT2D eigenvalue weighted by molar-refractivity contribution is 5.55. The van der Waals surface area contributed by atoms with Crippen LogP contribution in [0, 0.1) is 32.8 Å². The molecular formula is C10H4N6O2. The molecule has 0 saturated heterocycles. The smallest absolute Gasteiger partial charge is 0.258 e. The zero-order valence-electron chi connectivity index (χ0n) is 8.81. The molecule has 8 nitrogen and oxygen atoms in total. The fourth-order valence-electron chi connectivity index (χ4n) is 1.36. The fourth-order valence-corrected chi connectivity index (χ4v) is 1.36. The van der Waals surface area contributed by atoms with E-state index in [0.29, 0.717) is 0 Å². The van der Waals surface area contributed by atoms with Gasteiger partial charge in [-0.05, 0) is 12.1 Å². The van der Waals surface area contributed by atoms with E-state index in [1.54, 1.807) is 6.07 Å². The molecule has 0 aliphatic heterocycles. The molecule has 0 aliphatic rings. The third-order valence-corrected chi connectivity index (χ3v) is 2.14. The Bertz CT molecular complexity index is 706. The number of nitrogens with zero attached hydrogens (tertiary/aromatic N) is 6. The maximum absolute atomic E-state index is 10.9. The molecule has 2 aromatic rings. The molecule has 8 heteroatoms. The Morgan fingerprint density at radius 3 is 2.67 bits per heavy atom. The molecule has 18 heavy (non-hydrogen) atoms. The maximum atomic E-state index is 10.9. The van der Waals surface area contributed by atoms with E-state index in [-0.39, 0.29) is 22.8 Å². The first-order valence-corrected chi connectivity index (χ1v) is 4.66. The average Bonchev–Trinajstić information content (AvgIpc) is 2.86. The first kappa shape index (κ1) is 11.2. The molecule has 1 aromatic heterocycles. The highest BCUT2D eigenvalue weighted by Gasteiger charge is 2.17. The van der Waals surface area contributed by atoms with Gasteiger partial charge in [0.2, 0.25) is 0 Å². The van der Waals surface area contributed by atoms with Crippen molar-refractivity contribution in [3.63, 3.8) is 0 Å². The van der Waals surface area contributed by atoms with Crippen LogP contribution < -0.4 is 0 Å². The van der Waals surface area contributed by atoms with E-state index in [0.717, 1.165) is 4.68 Å². The summed E-state index contributed by atoms with van der Waals surface area (Å²) in [6.07, 6.45) is 1.18. The van der Waals surface area contributed by atoms with Crippen molar-refractivity contribution in [2.24, 2.45) is 0 Å². The van der Waals surface area contributed by atoms with E-state index in [1.807, 2.05) is 6.07 Å². The summed E-state index contributed by atoms with van der Waals surface area (Å²) in [5.74, 6) is -0.105. The predicted octanol–water partition coefficient (Wildman–Crippen LogP) is 0.919. The summed E-state index contributed by atoms with van der Waals surface area (Å²) in [7, 11) is 0. The highest BCUT2D eigenvalue weighted by Crippen LogP contribution is 2.23. The van der Waals surface area contributed by atoms with E-state index in [4.69, 9.17) is 10.5 Å². The minimum Gasteiger partial charge on any atom is -0.258 e. The number of nitriles is 2. The Labute approximate surface area is 100 Å². The SMILES string of the molecule is N#Cc1ccc([N+](=O)[O-])c(-n2cnc(C#N)n2)c1. The van der Waals surface area contributed by atoms with Gasteiger partial charge in [0, 0.05) is 6.07 Å². The molecule has 0 saturated carbocycles. The van der Waals surface area contributed by atoms with Crippen molar-refractivity contribution in [2.45, 2.75) is 0 Å². The standard InChI is InChI=1S/C10H4N6O2/c11-4-7-1-2-8(16(17)18)9(3-7)15-6-13-10(5-12)14-15/h1-3,6H. The number of nitro benzene ring substituents is 1. The van der Waals surface area contributed by atoms with Crippen molar-refractivity contribution in [2.75, 3.05) is 0 Å². The molecule has 0 N–H and O–H groups in total. The van der Waals surface area contributed by atoms with Crippen molar-refractivity contribution < 1.29 is 4.92 Å². The van der Waals surface area contributed by atoms with Crippen LogP contribution in [0.4, 0.5) is 5.69 Å². The first-order chi connectivity index (χ1) is 8.65. The molecule has 86 valence electrons. The lowest BCUT2D eigenvalue weighted by molar-refractivity contribution is -0.384. The van der Waals surface area contributed by atoms with Crippen LogP contribution in [0.25, 0.3) is 5.69 Å². The van der Waals surface area contributed by atoms with Gasteiger partial charge in [0.05, 0.1) is 16.6 Å². The monoisotopic (exact) mass is 240 g/mol. The Balaban J connectivity index is 2.64. The maximum Gasteiger partial charge on any atom is 0.295 e. The second-order valence-corrected chi connectivity index (χ2v) is 3.20. The van der Waals surface area contributed by atoms with Gasteiger partial charge in [-0.3, -0.25) is 10.1 Å². The molecule has 2 rings (SSSR count). The fraction of sp³-hybridized carbons (Fsp3) is 0. The van der Waals surface area contributed by atoms with E-state index < -0.39 is 4.92 Å². The number of rotatable bonds is 2. The van der Waals surface area contributed by atoms with Gasteiger partial charge in [-0.2, -0.15) is 10.5 Å². The molecule has 0 bridgehead atoms. The zero-order valence-corrected chi connectivity index (χ0v) is 8.81. The van der Waals surface area contributed by atoms with Gasteiger partial charge in [0.1, 0.15) is 18.1 Å². The van der Waals surface area contributed by atoms with Crippen LogP contribution >= 0.6 is 0 Å². The summed E-state index contributed by atoms with van der Waals surface area (Å²) in [6, 6.07) is 7.45. The van der Waals surface area contributed by atoms with Gasteiger partial charge in [-0.25, -0.2) is 9.67 Å². The van der Waals surface area contributed by atoms with Gasteiger partial charge >= 0.3 is 0 Å². The molecular weight excluding hydrogens is 236 g/mol. The first-order valence-electron chi connectivity index (χ1n) is 4.66. The van der Waals surface area contributed by atoms with E-state index in [1.165, 1.54) is 24.5 Å². The molecule has 0 unspecified atom stereocenters. The van der Waals surface area contributed by atoms with Gasteiger partial charge in [-0.1, -0.05) is 0 Å². The van der Waals surface area contributed by atoms with Crippen molar-refractivity contribution >= 4 is 5.69 Å². The lowest BCUT2D eigenvalue weighted by Gasteiger charge is -2.01. The second-order valence-electron chi connectivity index (χ2n) is 3.20. The summed E-state index contributed by atoms with van der Waals surface area (Å²) in [5, 5.41) is 32.0. The number of aromatic nitrogens is 3. The van der Waals surface area contributed by atoms with Gasteiger partial charge in [0.25, 0.3) is 11.5 Å².